The molecule has 0 N–H and O–H groups in total. The number of aromatic nitrogens is 1. The third-order valence-electron chi connectivity index (χ3n) is 4.99. The lowest BCUT2D eigenvalue weighted by Crippen LogP contribution is -2.39. The molecule has 3 heterocycles. The van der Waals surface area contributed by atoms with Crippen molar-refractivity contribution in [1.82, 2.24) is 9.47 Å². The highest BCUT2D eigenvalue weighted by molar-refractivity contribution is 5.99. The zero-order chi connectivity index (χ0) is 18.1. The van der Waals surface area contributed by atoms with Crippen LogP contribution in [0.2, 0.25) is 0 Å². The van der Waals surface area contributed by atoms with E-state index in [0.717, 1.165) is 47.2 Å². The smallest absolute Gasteiger partial charge is 0.178 e. The fraction of sp³-hybridized carbons (Fsp3) is 0.450. The van der Waals surface area contributed by atoms with E-state index in [9.17, 15) is 4.79 Å². The first-order valence-corrected chi connectivity index (χ1v) is 9.06. The molecule has 26 heavy (non-hydrogen) atoms. The number of hydrogen-bond donors (Lipinski definition) is 0. The number of rotatable bonds is 4. The maximum absolute atomic E-state index is 12.8. The van der Waals surface area contributed by atoms with Crippen molar-refractivity contribution in [3.8, 4) is 17.2 Å². The van der Waals surface area contributed by atoms with Crippen LogP contribution in [0.5, 0.6) is 11.5 Å². The molecule has 2 aromatic rings. The van der Waals surface area contributed by atoms with Crippen molar-refractivity contribution in [3.05, 3.63) is 41.2 Å². The lowest BCUT2D eigenvalue weighted by molar-refractivity contribution is 0.0371. The molecule has 6 nitrogen and oxygen atoms in total. The number of ether oxygens (including phenoxy) is 3. The first kappa shape index (κ1) is 17.1. The molecular weight excluding hydrogens is 332 g/mol. The normalized spacial score (nSPS) is 17.3. The SMILES string of the molecule is Cc1cc(C(=O)CN2CCOCC2)c(C)n1-c1ccc2c(c1)OCCO2. The molecule has 1 aromatic heterocycles. The van der Waals surface area contributed by atoms with Crippen LogP contribution in [0.15, 0.2) is 24.3 Å². The minimum absolute atomic E-state index is 0.156. The largest absolute Gasteiger partial charge is 0.486 e. The van der Waals surface area contributed by atoms with Gasteiger partial charge in [-0.3, -0.25) is 9.69 Å². The van der Waals surface area contributed by atoms with Crippen LogP contribution in [-0.4, -0.2) is 61.3 Å². The molecule has 0 radical (unpaired) electrons. The highest BCUT2D eigenvalue weighted by atomic mass is 16.6. The van der Waals surface area contributed by atoms with Crippen molar-refractivity contribution in [2.75, 3.05) is 46.1 Å². The summed E-state index contributed by atoms with van der Waals surface area (Å²) in [4.78, 5) is 15.0. The fourth-order valence-electron chi connectivity index (χ4n) is 3.66. The molecule has 0 saturated carbocycles. The molecule has 0 aliphatic carbocycles. The van der Waals surface area contributed by atoms with Gasteiger partial charge >= 0.3 is 0 Å². The standard InChI is InChI=1S/C20H24N2O4/c1-14-11-17(18(23)13-21-5-7-24-8-6-21)15(2)22(14)16-3-4-19-20(12-16)26-10-9-25-19/h3-4,11-12H,5-10,13H2,1-2H3. The average molecular weight is 356 g/mol. The Labute approximate surface area is 153 Å². The number of nitrogens with zero attached hydrogens (tertiary/aromatic N) is 2. The first-order valence-electron chi connectivity index (χ1n) is 9.06. The van der Waals surface area contributed by atoms with Gasteiger partial charge in [0.25, 0.3) is 0 Å². The maximum Gasteiger partial charge on any atom is 0.178 e. The Balaban J connectivity index is 1.61. The van der Waals surface area contributed by atoms with Crippen LogP contribution in [0, 0.1) is 13.8 Å². The molecule has 0 unspecified atom stereocenters. The molecule has 1 saturated heterocycles. The molecule has 0 bridgehead atoms. The Morgan fingerprint density at radius 3 is 2.50 bits per heavy atom. The molecule has 6 heteroatoms. The van der Waals surface area contributed by atoms with Gasteiger partial charge in [0.15, 0.2) is 17.3 Å². The number of hydrogen-bond acceptors (Lipinski definition) is 5. The van der Waals surface area contributed by atoms with Crippen molar-refractivity contribution in [1.29, 1.82) is 0 Å². The Hall–Kier alpha value is -2.31. The van der Waals surface area contributed by atoms with Gasteiger partial charge in [-0.15, -0.1) is 0 Å². The van der Waals surface area contributed by atoms with Crippen molar-refractivity contribution < 1.29 is 19.0 Å². The van der Waals surface area contributed by atoms with Gasteiger partial charge in [0.1, 0.15) is 13.2 Å². The number of aryl methyl sites for hydroxylation is 1. The lowest BCUT2D eigenvalue weighted by Gasteiger charge is -2.25. The second-order valence-electron chi connectivity index (χ2n) is 6.76. The van der Waals surface area contributed by atoms with Crippen molar-refractivity contribution >= 4 is 5.78 Å². The zero-order valence-electron chi connectivity index (χ0n) is 15.3. The van der Waals surface area contributed by atoms with Crippen molar-refractivity contribution in [2.24, 2.45) is 0 Å². The summed E-state index contributed by atoms with van der Waals surface area (Å²) in [5.74, 6) is 1.68. The third kappa shape index (κ3) is 3.22. The van der Waals surface area contributed by atoms with Gasteiger partial charge in [-0.25, -0.2) is 0 Å². The van der Waals surface area contributed by atoms with Gasteiger partial charge in [-0.2, -0.15) is 0 Å². The second-order valence-corrected chi connectivity index (χ2v) is 6.76. The Bertz CT molecular complexity index is 821. The van der Waals surface area contributed by atoms with Gasteiger partial charge in [0.2, 0.25) is 0 Å². The Kier molecular flexibility index (Phi) is 4.70. The van der Waals surface area contributed by atoms with Crippen LogP contribution in [-0.2, 0) is 4.74 Å². The fourth-order valence-corrected chi connectivity index (χ4v) is 3.66. The number of carbonyl (C=O) groups is 1. The summed E-state index contributed by atoms with van der Waals surface area (Å²) >= 11 is 0. The molecule has 0 spiro atoms. The van der Waals surface area contributed by atoms with Crippen molar-refractivity contribution in [3.63, 3.8) is 0 Å². The average Bonchev–Trinajstić information content (AvgIpc) is 2.96. The van der Waals surface area contributed by atoms with Crippen LogP contribution >= 0.6 is 0 Å². The third-order valence-corrected chi connectivity index (χ3v) is 4.99. The number of Topliss-reactive ketones (excluding diaryl/α,β-unsaturated/α-hetero) is 1. The maximum atomic E-state index is 12.8. The topological polar surface area (TPSA) is 52.9 Å². The molecule has 2 aliphatic rings. The van der Waals surface area contributed by atoms with Crippen LogP contribution < -0.4 is 9.47 Å². The summed E-state index contributed by atoms with van der Waals surface area (Å²) in [6.07, 6.45) is 0. The number of benzene rings is 1. The minimum atomic E-state index is 0.156. The van der Waals surface area contributed by atoms with Crippen LogP contribution in [0.1, 0.15) is 21.7 Å². The van der Waals surface area contributed by atoms with Crippen LogP contribution in [0.3, 0.4) is 0 Å². The van der Waals surface area contributed by atoms with E-state index in [-0.39, 0.29) is 5.78 Å². The van der Waals surface area contributed by atoms with Crippen LogP contribution in [0.25, 0.3) is 5.69 Å². The highest BCUT2D eigenvalue weighted by Gasteiger charge is 2.21. The molecule has 0 atom stereocenters. The first-order chi connectivity index (χ1) is 12.6. The van der Waals surface area contributed by atoms with E-state index in [0.29, 0.717) is 33.0 Å². The highest BCUT2D eigenvalue weighted by Crippen LogP contribution is 2.33. The van der Waals surface area contributed by atoms with Gasteiger partial charge in [0, 0.05) is 41.8 Å². The Morgan fingerprint density at radius 1 is 1.00 bits per heavy atom. The van der Waals surface area contributed by atoms with Gasteiger partial charge in [-0.1, -0.05) is 0 Å². The van der Waals surface area contributed by atoms with E-state index in [2.05, 4.69) is 9.47 Å². The van der Waals surface area contributed by atoms with Crippen molar-refractivity contribution in [2.45, 2.75) is 13.8 Å². The van der Waals surface area contributed by atoms with Gasteiger partial charge < -0.3 is 18.8 Å². The van der Waals surface area contributed by atoms with E-state index in [1.54, 1.807) is 0 Å². The van der Waals surface area contributed by atoms with E-state index in [1.165, 1.54) is 0 Å². The number of fused-ring (bicyclic) bond motifs is 1. The van der Waals surface area contributed by atoms with E-state index >= 15 is 0 Å². The summed E-state index contributed by atoms with van der Waals surface area (Å²) < 4.78 is 18.8. The molecule has 1 aromatic carbocycles. The molecule has 138 valence electrons. The lowest BCUT2D eigenvalue weighted by atomic mass is 10.1. The molecule has 0 amide bonds. The number of carbonyl (C=O) groups excluding carboxylic acids is 1. The summed E-state index contributed by atoms with van der Waals surface area (Å²) in [5, 5.41) is 0. The second kappa shape index (κ2) is 7.13. The predicted octanol–water partition coefficient (Wildman–Crippen LogP) is 2.38. The number of ketones is 1. The van der Waals surface area contributed by atoms with E-state index in [4.69, 9.17) is 14.2 Å². The quantitative estimate of drug-likeness (QED) is 0.788. The molecule has 1 fully saturated rings. The van der Waals surface area contributed by atoms with Crippen LogP contribution in [0.4, 0.5) is 0 Å². The monoisotopic (exact) mass is 356 g/mol. The molecule has 2 aliphatic heterocycles. The van der Waals surface area contributed by atoms with Gasteiger partial charge in [0.05, 0.1) is 19.8 Å². The Morgan fingerprint density at radius 2 is 1.73 bits per heavy atom. The van der Waals surface area contributed by atoms with E-state index in [1.807, 2.05) is 38.1 Å². The summed E-state index contributed by atoms with van der Waals surface area (Å²) in [6.45, 7) is 8.62. The number of morpholine rings is 1. The zero-order valence-corrected chi connectivity index (χ0v) is 15.3. The van der Waals surface area contributed by atoms with Gasteiger partial charge in [-0.05, 0) is 32.0 Å². The predicted molar refractivity (Wildman–Crippen MR) is 97.8 cm³/mol. The summed E-state index contributed by atoms with van der Waals surface area (Å²) in [5.41, 5.74) is 3.75. The van der Waals surface area contributed by atoms with E-state index < -0.39 is 0 Å². The summed E-state index contributed by atoms with van der Waals surface area (Å²) in [6, 6.07) is 7.89. The molecular formula is C20H24N2O4. The minimum Gasteiger partial charge on any atom is -0.486 e. The molecule has 4 rings (SSSR count). The summed E-state index contributed by atoms with van der Waals surface area (Å²) in [7, 11) is 0.